The van der Waals surface area contributed by atoms with Crippen molar-refractivity contribution in [2.24, 2.45) is 7.05 Å². The highest BCUT2D eigenvalue weighted by Gasteiger charge is 2.07. The van der Waals surface area contributed by atoms with Crippen molar-refractivity contribution in [1.82, 2.24) is 9.55 Å². The highest BCUT2D eigenvalue weighted by molar-refractivity contribution is 6.03. The molecule has 0 spiro atoms. The van der Waals surface area contributed by atoms with Crippen LogP contribution in [0.3, 0.4) is 0 Å². The minimum atomic E-state index is -0.196. The zero-order chi connectivity index (χ0) is 11.5. The van der Waals surface area contributed by atoms with E-state index in [1.54, 1.807) is 29.9 Å². The van der Waals surface area contributed by atoms with E-state index in [0.29, 0.717) is 17.3 Å². The maximum absolute atomic E-state index is 11.7. The molecule has 1 heterocycles. The molecule has 0 aliphatic rings. The number of nitrogen functional groups attached to an aromatic ring is 1. The van der Waals surface area contributed by atoms with Crippen LogP contribution in [0.1, 0.15) is 10.4 Å². The Morgan fingerprint density at radius 1 is 1.38 bits per heavy atom. The number of rotatable bonds is 2. The Labute approximate surface area is 92.9 Å². The summed E-state index contributed by atoms with van der Waals surface area (Å²) >= 11 is 0. The second-order valence-corrected chi connectivity index (χ2v) is 3.42. The van der Waals surface area contributed by atoms with Gasteiger partial charge in [-0.2, -0.15) is 4.98 Å². The summed E-state index contributed by atoms with van der Waals surface area (Å²) in [6.45, 7) is 0. The molecule has 5 heteroatoms. The third-order valence-electron chi connectivity index (χ3n) is 2.19. The van der Waals surface area contributed by atoms with Crippen LogP contribution in [0.25, 0.3) is 0 Å². The number of benzene rings is 1. The number of aromatic nitrogens is 2. The van der Waals surface area contributed by atoms with E-state index in [9.17, 15) is 4.79 Å². The van der Waals surface area contributed by atoms with Gasteiger partial charge in [0.15, 0.2) is 5.82 Å². The maximum Gasteiger partial charge on any atom is 0.256 e. The summed E-state index contributed by atoms with van der Waals surface area (Å²) < 4.78 is 1.64. The fourth-order valence-corrected chi connectivity index (χ4v) is 1.32. The Bertz CT molecular complexity index is 484. The van der Waals surface area contributed by atoms with Crippen molar-refractivity contribution >= 4 is 17.7 Å². The first-order valence-electron chi connectivity index (χ1n) is 4.82. The molecule has 0 atom stereocenters. The van der Waals surface area contributed by atoms with Crippen molar-refractivity contribution in [3.8, 4) is 0 Å². The van der Waals surface area contributed by atoms with Crippen LogP contribution in [-0.4, -0.2) is 15.5 Å². The van der Waals surface area contributed by atoms with Crippen LogP contribution in [0, 0.1) is 0 Å². The minimum absolute atomic E-state index is 0.196. The monoisotopic (exact) mass is 216 g/mol. The molecule has 0 aliphatic heterocycles. The van der Waals surface area contributed by atoms with Crippen molar-refractivity contribution < 1.29 is 4.79 Å². The van der Waals surface area contributed by atoms with Gasteiger partial charge in [0.25, 0.3) is 5.91 Å². The molecule has 0 radical (unpaired) electrons. The maximum atomic E-state index is 11.7. The third kappa shape index (κ3) is 2.03. The number of hydrogen-bond donors (Lipinski definition) is 2. The number of aryl methyl sites for hydroxylation is 1. The van der Waals surface area contributed by atoms with Crippen molar-refractivity contribution in [3.63, 3.8) is 0 Å². The second-order valence-electron chi connectivity index (χ2n) is 3.42. The Morgan fingerprint density at radius 3 is 2.62 bits per heavy atom. The molecule has 0 fully saturated rings. The Hall–Kier alpha value is -2.30. The number of carbonyl (C=O) groups is 1. The second kappa shape index (κ2) is 4.06. The summed E-state index contributed by atoms with van der Waals surface area (Å²) in [5.41, 5.74) is 6.15. The van der Waals surface area contributed by atoms with E-state index in [0.717, 1.165) is 0 Å². The minimum Gasteiger partial charge on any atom is -0.369 e. The van der Waals surface area contributed by atoms with E-state index in [-0.39, 0.29) is 5.91 Å². The fraction of sp³-hybridized carbons (Fsp3) is 0.0909. The zero-order valence-corrected chi connectivity index (χ0v) is 8.84. The van der Waals surface area contributed by atoms with Gasteiger partial charge in [-0.25, -0.2) is 0 Å². The Balaban J connectivity index is 2.14. The average molecular weight is 216 g/mol. The average Bonchev–Trinajstić information content (AvgIpc) is 2.59. The lowest BCUT2D eigenvalue weighted by molar-refractivity contribution is 0.102. The number of carbonyl (C=O) groups excluding carboxylic acids is 1. The van der Waals surface area contributed by atoms with Crippen LogP contribution in [0.2, 0.25) is 0 Å². The fourth-order valence-electron chi connectivity index (χ4n) is 1.32. The molecule has 1 aromatic carbocycles. The van der Waals surface area contributed by atoms with Gasteiger partial charge < -0.3 is 15.6 Å². The molecule has 2 aromatic rings. The predicted molar refractivity (Wildman–Crippen MR) is 62.0 cm³/mol. The highest BCUT2D eigenvalue weighted by atomic mass is 16.1. The summed E-state index contributed by atoms with van der Waals surface area (Å²) in [7, 11) is 1.76. The molecule has 0 saturated carbocycles. The number of anilines is 2. The van der Waals surface area contributed by atoms with E-state index >= 15 is 0 Å². The lowest BCUT2D eigenvalue weighted by Crippen LogP contribution is -2.11. The largest absolute Gasteiger partial charge is 0.369 e. The smallest absolute Gasteiger partial charge is 0.256 e. The molecule has 5 nitrogen and oxygen atoms in total. The number of nitrogens with one attached hydrogen (secondary N) is 1. The molecule has 82 valence electrons. The number of amides is 1. The van der Waals surface area contributed by atoms with Crippen LogP contribution < -0.4 is 11.1 Å². The molecular formula is C11H12N4O. The van der Waals surface area contributed by atoms with Gasteiger partial charge in [0.2, 0.25) is 5.95 Å². The molecule has 0 aliphatic carbocycles. The summed E-state index contributed by atoms with van der Waals surface area (Å²) in [6.07, 6.45) is 1.66. The molecule has 0 bridgehead atoms. The molecular weight excluding hydrogens is 204 g/mol. The number of imidazole rings is 1. The molecule has 0 unspecified atom stereocenters. The summed E-state index contributed by atoms with van der Waals surface area (Å²) in [4.78, 5) is 15.7. The van der Waals surface area contributed by atoms with E-state index in [1.807, 2.05) is 18.2 Å². The first-order chi connectivity index (χ1) is 7.66. The van der Waals surface area contributed by atoms with Gasteiger partial charge in [-0.3, -0.25) is 4.79 Å². The van der Waals surface area contributed by atoms with E-state index in [2.05, 4.69) is 10.3 Å². The number of nitrogens with zero attached hydrogens (tertiary/aromatic N) is 2. The molecule has 16 heavy (non-hydrogen) atoms. The molecule has 1 amide bonds. The van der Waals surface area contributed by atoms with Crippen LogP contribution in [-0.2, 0) is 7.05 Å². The van der Waals surface area contributed by atoms with Gasteiger partial charge in [-0.15, -0.1) is 0 Å². The summed E-state index contributed by atoms with van der Waals surface area (Å²) in [5, 5.41) is 2.67. The van der Waals surface area contributed by atoms with Gasteiger partial charge in [-0.1, -0.05) is 18.2 Å². The van der Waals surface area contributed by atoms with Crippen molar-refractivity contribution in [2.75, 3.05) is 11.1 Å². The lowest BCUT2D eigenvalue weighted by atomic mass is 10.2. The van der Waals surface area contributed by atoms with Gasteiger partial charge >= 0.3 is 0 Å². The third-order valence-corrected chi connectivity index (χ3v) is 2.19. The van der Waals surface area contributed by atoms with Crippen LogP contribution in [0.4, 0.5) is 11.8 Å². The van der Waals surface area contributed by atoms with Crippen LogP contribution in [0.15, 0.2) is 36.5 Å². The van der Waals surface area contributed by atoms with E-state index in [4.69, 9.17) is 5.73 Å². The van der Waals surface area contributed by atoms with E-state index in [1.165, 1.54) is 0 Å². The summed E-state index contributed by atoms with van der Waals surface area (Å²) in [5.74, 6) is 0.621. The predicted octanol–water partition coefficient (Wildman–Crippen LogP) is 1.25. The topological polar surface area (TPSA) is 72.9 Å². The van der Waals surface area contributed by atoms with Crippen molar-refractivity contribution in [2.45, 2.75) is 0 Å². The Kier molecular flexibility index (Phi) is 2.59. The lowest BCUT2D eigenvalue weighted by Gasteiger charge is -2.00. The van der Waals surface area contributed by atoms with Crippen LogP contribution in [0.5, 0.6) is 0 Å². The molecule has 3 N–H and O–H groups in total. The van der Waals surface area contributed by atoms with Gasteiger partial charge in [0.05, 0.1) is 0 Å². The molecule has 1 aromatic heterocycles. The van der Waals surface area contributed by atoms with E-state index < -0.39 is 0 Å². The standard InChI is InChI=1S/C11H12N4O/c1-15-7-9(14-11(15)12)13-10(16)8-5-3-2-4-6-8/h2-7H,1H3,(H2,12,14)(H,13,16). The Morgan fingerprint density at radius 2 is 2.06 bits per heavy atom. The molecule has 2 rings (SSSR count). The van der Waals surface area contributed by atoms with Crippen molar-refractivity contribution in [3.05, 3.63) is 42.1 Å². The highest BCUT2D eigenvalue weighted by Crippen LogP contribution is 2.09. The quantitative estimate of drug-likeness (QED) is 0.793. The van der Waals surface area contributed by atoms with Crippen LogP contribution >= 0.6 is 0 Å². The SMILES string of the molecule is Cn1cc(NC(=O)c2ccccc2)nc1N. The number of hydrogen-bond acceptors (Lipinski definition) is 3. The van der Waals surface area contributed by atoms with Gasteiger partial charge in [-0.05, 0) is 12.1 Å². The van der Waals surface area contributed by atoms with Gasteiger partial charge in [0.1, 0.15) is 0 Å². The first-order valence-corrected chi connectivity index (χ1v) is 4.82. The normalized spacial score (nSPS) is 10.1. The first kappa shape index (κ1) is 10.2. The molecule has 0 saturated heterocycles. The van der Waals surface area contributed by atoms with Gasteiger partial charge in [0, 0.05) is 18.8 Å². The number of nitrogens with two attached hydrogens (primary N) is 1. The van der Waals surface area contributed by atoms with Crippen molar-refractivity contribution in [1.29, 1.82) is 0 Å². The zero-order valence-electron chi connectivity index (χ0n) is 8.84. The summed E-state index contributed by atoms with van der Waals surface area (Å²) in [6, 6.07) is 8.95.